The van der Waals surface area contributed by atoms with Crippen LogP contribution < -0.4 is 5.32 Å². The van der Waals surface area contributed by atoms with Crippen LogP contribution in [0.4, 0.5) is 4.79 Å². The lowest BCUT2D eigenvalue weighted by Crippen LogP contribution is -2.54. The molecule has 1 N–H and O–H groups in total. The number of nitrogens with one attached hydrogen (secondary N) is 1. The van der Waals surface area contributed by atoms with Gasteiger partial charge in [-0.2, -0.15) is 0 Å². The van der Waals surface area contributed by atoms with E-state index < -0.39 is 5.60 Å². The standard InChI is InChI=1S/C18H28N2O2/c1-14-16(19-17(21)22-18(2,3)4)11-8-12-20(14)13-15-9-6-5-7-10-15/h5-7,9-10,14,16H,8,11-13H2,1-4H3,(H,19,21)/t14-,16-/m1/s1. The first-order chi connectivity index (χ1) is 10.3. The van der Waals surface area contributed by atoms with E-state index in [0.29, 0.717) is 6.04 Å². The van der Waals surface area contributed by atoms with Gasteiger partial charge in [-0.05, 0) is 52.6 Å². The molecule has 122 valence electrons. The Balaban J connectivity index is 1.92. The second kappa shape index (κ2) is 7.14. The molecule has 1 aromatic carbocycles. The normalized spacial score (nSPS) is 23.1. The molecule has 1 aliphatic rings. The third kappa shape index (κ3) is 5.02. The molecule has 1 amide bonds. The lowest BCUT2D eigenvalue weighted by molar-refractivity contribution is 0.0416. The largest absolute Gasteiger partial charge is 0.444 e. The van der Waals surface area contributed by atoms with Crippen LogP contribution in [0.2, 0.25) is 0 Å². The van der Waals surface area contributed by atoms with E-state index in [0.717, 1.165) is 25.9 Å². The number of likely N-dealkylation sites (tertiary alicyclic amines) is 1. The van der Waals surface area contributed by atoms with E-state index in [9.17, 15) is 4.79 Å². The number of carbonyl (C=O) groups is 1. The number of piperidine rings is 1. The van der Waals surface area contributed by atoms with E-state index in [1.165, 1.54) is 5.56 Å². The van der Waals surface area contributed by atoms with Crippen LogP contribution in [0, 0.1) is 0 Å². The number of amides is 1. The Morgan fingerprint density at radius 2 is 2.00 bits per heavy atom. The third-order valence-electron chi connectivity index (χ3n) is 4.05. The van der Waals surface area contributed by atoms with Gasteiger partial charge in [0.15, 0.2) is 0 Å². The molecule has 0 saturated carbocycles. The van der Waals surface area contributed by atoms with Gasteiger partial charge in [0.1, 0.15) is 5.60 Å². The molecule has 2 rings (SSSR count). The van der Waals surface area contributed by atoms with Crippen molar-refractivity contribution in [1.29, 1.82) is 0 Å². The average molecular weight is 304 g/mol. The first-order valence-corrected chi connectivity index (χ1v) is 8.12. The van der Waals surface area contributed by atoms with Gasteiger partial charge >= 0.3 is 6.09 Å². The summed E-state index contributed by atoms with van der Waals surface area (Å²) in [5, 5.41) is 3.04. The predicted octanol–water partition coefficient (Wildman–Crippen LogP) is 3.56. The van der Waals surface area contributed by atoms with Crippen molar-refractivity contribution in [2.45, 2.75) is 64.8 Å². The lowest BCUT2D eigenvalue weighted by Gasteiger charge is -2.39. The fourth-order valence-corrected chi connectivity index (χ4v) is 2.91. The Labute approximate surface area is 133 Å². The maximum Gasteiger partial charge on any atom is 0.407 e. The van der Waals surface area contributed by atoms with E-state index >= 15 is 0 Å². The number of hydrogen-bond donors (Lipinski definition) is 1. The summed E-state index contributed by atoms with van der Waals surface area (Å²) in [6, 6.07) is 10.9. The van der Waals surface area contributed by atoms with Crippen molar-refractivity contribution in [2.24, 2.45) is 0 Å². The lowest BCUT2D eigenvalue weighted by atomic mass is 9.97. The molecular formula is C18H28N2O2. The molecule has 0 aliphatic carbocycles. The van der Waals surface area contributed by atoms with E-state index in [2.05, 4.69) is 41.4 Å². The Morgan fingerprint density at radius 3 is 2.64 bits per heavy atom. The van der Waals surface area contributed by atoms with Gasteiger partial charge in [0.05, 0.1) is 0 Å². The fourth-order valence-electron chi connectivity index (χ4n) is 2.91. The van der Waals surface area contributed by atoms with E-state index in [1.54, 1.807) is 0 Å². The van der Waals surface area contributed by atoms with Crippen LogP contribution in [0.25, 0.3) is 0 Å². The summed E-state index contributed by atoms with van der Waals surface area (Å²) in [6.45, 7) is 9.84. The summed E-state index contributed by atoms with van der Waals surface area (Å²) < 4.78 is 5.37. The zero-order valence-electron chi connectivity index (χ0n) is 14.1. The van der Waals surface area contributed by atoms with Crippen LogP contribution in [0.5, 0.6) is 0 Å². The highest BCUT2D eigenvalue weighted by molar-refractivity contribution is 5.68. The zero-order valence-corrected chi connectivity index (χ0v) is 14.1. The molecule has 1 fully saturated rings. The molecule has 4 nitrogen and oxygen atoms in total. The molecule has 22 heavy (non-hydrogen) atoms. The topological polar surface area (TPSA) is 41.6 Å². The van der Waals surface area contributed by atoms with Crippen LogP contribution in [-0.4, -0.2) is 35.2 Å². The monoisotopic (exact) mass is 304 g/mol. The number of alkyl carbamates (subject to hydrolysis) is 1. The first kappa shape index (κ1) is 16.8. The van der Waals surface area contributed by atoms with Crippen molar-refractivity contribution < 1.29 is 9.53 Å². The van der Waals surface area contributed by atoms with Crippen molar-refractivity contribution >= 4 is 6.09 Å². The number of hydrogen-bond acceptors (Lipinski definition) is 3. The average Bonchev–Trinajstić information content (AvgIpc) is 2.42. The molecular weight excluding hydrogens is 276 g/mol. The van der Waals surface area contributed by atoms with Gasteiger partial charge in [-0.3, -0.25) is 4.90 Å². The highest BCUT2D eigenvalue weighted by atomic mass is 16.6. The Morgan fingerprint density at radius 1 is 1.32 bits per heavy atom. The summed E-state index contributed by atoms with van der Waals surface area (Å²) >= 11 is 0. The van der Waals surface area contributed by atoms with Gasteiger partial charge in [0.25, 0.3) is 0 Å². The summed E-state index contributed by atoms with van der Waals surface area (Å²) in [4.78, 5) is 14.4. The maximum atomic E-state index is 12.0. The highest BCUT2D eigenvalue weighted by Gasteiger charge is 2.30. The number of carbonyl (C=O) groups excluding carboxylic acids is 1. The number of rotatable bonds is 3. The minimum absolute atomic E-state index is 0.146. The van der Waals surface area contributed by atoms with Crippen molar-refractivity contribution in [1.82, 2.24) is 10.2 Å². The Kier molecular flexibility index (Phi) is 5.46. The molecule has 0 bridgehead atoms. The predicted molar refractivity (Wildman–Crippen MR) is 88.7 cm³/mol. The molecule has 1 saturated heterocycles. The maximum absolute atomic E-state index is 12.0. The van der Waals surface area contributed by atoms with E-state index in [4.69, 9.17) is 4.74 Å². The van der Waals surface area contributed by atoms with Crippen molar-refractivity contribution in [3.8, 4) is 0 Å². The number of ether oxygens (including phenoxy) is 1. The smallest absolute Gasteiger partial charge is 0.407 e. The summed E-state index contributed by atoms with van der Waals surface area (Å²) in [5.41, 5.74) is 0.860. The van der Waals surface area contributed by atoms with Gasteiger partial charge < -0.3 is 10.1 Å². The highest BCUT2D eigenvalue weighted by Crippen LogP contribution is 2.20. The minimum atomic E-state index is -0.453. The van der Waals surface area contributed by atoms with Crippen LogP contribution in [-0.2, 0) is 11.3 Å². The molecule has 1 heterocycles. The SMILES string of the molecule is C[C@@H]1[C@H](NC(=O)OC(C)(C)C)CCCN1Cc1ccccc1. The van der Waals surface area contributed by atoms with Gasteiger partial charge in [-0.25, -0.2) is 4.79 Å². The van der Waals surface area contributed by atoms with Crippen LogP contribution >= 0.6 is 0 Å². The van der Waals surface area contributed by atoms with E-state index in [1.807, 2.05) is 26.8 Å². The molecule has 0 spiro atoms. The fraction of sp³-hybridized carbons (Fsp3) is 0.611. The first-order valence-electron chi connectivity index (χ1n) is 8.12. The van der Waals surface area contributed by atoms with Gasteiger partial charge in [0.2, 0.25) is 0 Å². The quantitative estimate of drug-likeness (QED) is 0.928. The Bertz CT molecular complexity index is 482. The Hall–Kier alpha value is -1.55. The van der Waals surface area contributed by atoms with Gasteiger partial charge in [-0.1, -0.05) is 30.3 Å². The summed E-state index contributed by atoms with van der Waals surface area (Å²) in [5.74, 6) is 0. The zero-order chi connectivity index (χ0) is 16.2. The molecule has 0 radical (unpaired) electrons. The summed E-state index contributed by atoms with van der Waals surface area (Å²) in [6.07, 6.45) is 1.79. The molecule has 0 unspecified atom stereocenters. The molecule has 1 aromatic rings. The molecule has 2 atom stereocenters. The van der Waals surface area contributed by atoms with Gasteiger partial charge in [-0.15, -0.1) is 0 Å². The van der Waals surface area contributed by atoms with Crippen molar-refractivity contribution in [3.05, 3.63) is 35.9 Å². The van der Waals surface area contributed by atoms with Crippen molar-refractivity contribution in [3.63, 3.8) is 0 Å². The van der Waals surface area contributed by atoms with Crippen LogP contribution in [0.15, 0.2) is 30.3 Å². The van der Waals surface area contributed by atoms with Crippen LogP contribution in [0.3, 0.4) is 0 Å². The molecule has 1 aliphatic heterocycles. The minimum Gasteiger partial charge on any atom is -0.444 e. The number of nitrogens with zero attached hydrogens (tertiary/aromatic N) is 1. The molecule has 4 heteroatoms. The second-order valence-corrected chi connectivity index (χ2v) is 7.09. The molecule has 0 aromatic heterocycles. The third-order valence-corrected chi connectivity index (χ3v) is 4.05. The van der Waals surface area contributed by atoms with Crippen LogP contribution in [0.1, 0.15) is 46.1 Å². The van der Waals surface area contributed by atoms with Crippen molar-refractivity contribution in [2.75, 3.05) is 6.54 Å². The number of benzene rings is 1. The van der Waals surface area contributed by atoms with Gasteiger partial charge in [0, 0.05) is 18.6 Å². The van der Waals surface area contributed by atoms with E-state index in [-0.39, 0.29) is 12.1 Å². The second-order valence-electron chi connectivity index (χ2n) is 7.09. The summed E-state index contributed by atoms with van der Waals surface area (Å²) in [7, 11) is 0.